The van der Waals surface area contributed by atoms with Crippen LogP contribution in [0.4, 0.5) is 0 Å². The molecule has 3 rings (SSSR count). The van der Waals surface area contributed by atoms with Gasteiger partial charge < -0.3 is 9.47 Å². The first-order valence-electron chi connectivity index (χ1n) is 7.05. The van der Waals surface area contributed by atoms with Gasteiger partial charge in [0.05, 0.1) is 18.0 Å². The van der Waals surface area contributed by atoms with Gasteiger partial charge in [0.15, 0.2) is 0 Å². The van der Waals surface area contributed by atoms with Gasteiger partial charge in [0.25, 0.3) is 0 Å². The summed E-state index contributed by atoms with van der Waals surface area (Å²) in [6.07, 6.45) is 0.534. The third-order valence-corrected chi connectivity index (χ3v) is 5.36. The quantitative estimate of drug-likeness (QED) is 0.917. The molecule has 1 unspecified atom stereocenters. The van der Waals surface area contributed by atoms with Crippen LogP contribution in [-0.4, -0.2) is 28.2 Å². The van der Waals surface area contributed by atoms with E-state index in [0.717, 1.165) is 11.3 Å². The molecular weight excluding hydrogens is 338 g/mol. The average Bonchev–Trinajstić information content (AvgIpc) is 2.54. The van der Waals surface area contributed by atoms with Gasteiger partial charge in [-0.05, 0) is 48.4 Å². The summed E-state index contributed by atoms with van der Waals surface area (Å²) >= 11 is 5.86. The number of hydrogen-bond acceptors (Lipinski definition) is 4. The Morgan fingerprint density at radius 2 is 2.09 bits per heavy atom. The van der Waals surface area contributed by atoms with Crippen LogP contribution in [0.15, 0.2) is 47.4 Å². The molecule has 0 amide bonds. The second-order valence-electron chi connectivity index (χ2n) is 5.26. The summed E-state index contributed by atoms with van der Waals surface area (Å²) < 4.78 is 38.4. The van der Waals surface area contributed by atoms with Gasteiger partial charge in [0.1, 0.15) is 18.1 Å². The minimum atomic E-state index is -3.65. The average molecular weight is 354 g/mol. The zero-order valence-corrected chi connectivity index (χ0v) is 14.0. The maximum Gasteiger partial charge on any atom is 0.240 e. The number of ether oxygens (including phenoxy) is 2. The predicted octanol–water partition coefficient (Wildman–Crippen LogP) is 2.63. The van der Waals surface area contributed by atoms with E-state index in [4.69, 9.17) is 21.1 Å². The molecule has 0 radical (unpaired) electrons. The summed E-state index contributed by atoms with van der Waals surface area (Å²) in [7, 11) is -2.06. The molecule has 0 aliphatic carbocycles. The van der Waals surface area contributed by atoms with E-state index in [-0.39, 0.29) is 17.5 Å². The number of methoxy groups -OCH3 is 1. The van der Waals surface area contributed by atoms with Gasteiger partial charge in [-0.2, -0.15) is 0 Å². The molecule has 5 nitrogen and oxygen atoms in total. The van der Waals surface area contributed by atoms with Crippen LogP contribution < -0.4 is 14.2 Å². The highest BCUT2D eigenvalue weighted by molar-refractivity contribution is 7.89. The summed E-state index contributed by atoms with van der Waals surface area (Å²) in [6, 6.07) is 11.3. The summed E-state index contributed by atoms with van der Waals surface area (Å²) in [5.41, 5.74) is 0.911. The maximum atomic E-state index is 12.4. The van der Waals surface area contributed by atoms with Crippen molar-refractivity contribution in [3.8, 4) is 11.5 Å². The minimum Gasteiger partial charge on any atom is -0.497 e. The van der Waals surface area contributed by atoms with Crippen molar-refractivity contribution < 1.29 is 17.9 Å². The molecule has 0 saturated heterocycles. The molecule has 1 N–H and O–H groups in total. The third-order valence-electron chi connectivity index (χ3n) is 3.60. The number of halogens is 1. The first-order valence-corrected chi connectivity index (χ1v) is 8.91. The number of nitrogens with one attached hydrogen (secondary N) is 1. The summed E-state index contributed by atoms with van der Waals surface area (Å²) in [4.78, 5) is 0.140. The van der Waals surface area contributed by atoms with Crippen molar-refractivity contribution in [1.82, 2.24) is 4.72 Å². The van der Waals surface area contributed by atoms with Gasteiger partial charge in [-0.25, -0.2) is 13.1 Å². The van der Waals surface area contributed by atoms with Crippen LogP contribution in [0.1, 0.15) is 5.56 Å². The Morgan fingerprint density at radius 1 is 1.26 bits per heavy atom. The number of fused-ring (bicyclic) bond motifs is 1. The highest BCUT2D eigenvalue weighted by Gasteiger charge is 2.25. The standard InChI is InChI=1S/C16H16ClNO4S/c1-21-14-5-6-16-11(8-14)7-13(10-22-16)18-23(19,20)15-4-2-3-12(17)9-15/h2-6,8-9,13,18H,7,10H2,1H3. The Balaban J connectivity index is 1.79. The predicted molar refractivity (Wildman–Crippen MR) is 87.8 cm³/mol. The highest BCUT2D eigenvalue weighted by Crippen LogP contribution is 2.29. The lowest BCUT2D eigenvalue weighted by molar-refractivity contribution is 0.253. The van der Waals surface area contributed by atoms with Gasteiger partial charge >= 0.3 is 0 Å². The van der Waals surface area contributed by atoms with Crippen molar-refractivity contribution in [1.29, 1.82) is 0 Å². The van der Waals surface area contributed by atoms with E-state index in [2.05, 4.69) is 4.72 Å². The Morgan fingerprint density at radius 3 is 2.83 bits per heavy atom. The van der Waals surface area contributed by atoms with Crippen LogP contribution in [0.5, 0.6) is 11.5 Å². The topological polar surface area (TPSA) is 64.6 Å². The first-order chi connectivity index (χ1) is 11.0. The minimum absolute atomic E-state index is 0.140. The molecule has 122 valence electrons. The van der Waals surface area contributed by atoms with E-state index in [1.807, 2.05) is 18.2 Å². The molecule has 1 heterocycles. The molecule has 1 aliphatic rings. The largest absolute Gasteiger partial charge is 0.497 e. The summed E-state index contributed by atoms with van der Waals surface area (Å²) in [5.74, 6) is 1.47. The lowest BCUT2D eigenvalue weighted by Crippen LogP contribution is -2.42. The van der Waals surface area contributed by atoms with Crippen LogP contribution in [0.2, 0.25) is 5.02 Å². The van der Waals surface area contributed by atoms with E-state index >= 15 is 0 Å². The van der Waals surface area contributed by atoms with E-state index in [0.29, 0.717) is 17.2 Å². The zero-order valence-electron chi connectivity index (χ0n) is 12.5. The van der Waals surface area contributed by atoms with Crippen LogP contribution in [0.3, 0.4) is 0 Å². The van der Waals surface area contributed by atoms with Crippen molar-refractivity contribution >= 4 is 21.6 Å². The fourth-order valence-corrected chi connectivity index (χ4v) is 4.02. The number of benzene rings is 2. The van der Waals surface area contributed by atoms with Crippen LogP contribution in [-0.2, 0) is 16.4 Å². The molecule has 1 atom stereocenters. The van der Waals surface area contributed by atoms with Crippen molar-refractivity contribution in [3.05, 3.63) is 53.1 Å². The van der Waals surface area contributed by atoms with E-state index in [1.165, 1.54) is 12.1 Å². The van der Waals surface area contributed by atoms with E-state index in [1.54, 1.807) is 19.2 Å². The van der Waals surface area contributed by atoms with Crippen molar-refractivity contribution in [2.24, 2.45) is 0 Å². The fraction of sp³-hybridized carbons (Fsp3) is 0.250. The molecule has 2 aromatic carbocycles. The Bertz CT molecular complexity index is 823. The Kier molecular flexibility index (Phi) is 4.48. The van der Waals surface area contributed by atoms with Crippen LogP contribution in [0, 0.1) is 0 Å². The summed E-state index contributed by atoms with van der Waals surface area (Å²) in [5, 5.41) is 0.378. The molecule has 0 aromatic heterocycles. The van der Waals surface area contributed by atoms with E-state index < -0.39 is 10.0 Å². The van der Waals surface area contributed by atoms with Crippen LogP contribution >= 0.6 is 11.6 Å². The molecule has 23 heavy (non-hydrogen) atoms. The lowest BCUT2D eigenvalue weighted by atomic mass is 10.0. The second-order valence-corrected chi connectivity index (χ2v) is 7.41. The highest BCUT2D eigenvalue weighted by atomic mass is 35.5. The molecule has 0 fully saturated rings. The molecule has 1 aliphatic heterocycles. The smallest absolute Gasteiger partial charge is 0.240 e. The second kappa shape index (κ2) is 6.39. The van der Waals surface area contributed by atoms with Gasteiger partial charge in [-0.1, -0.05) is 17.7 Å². The molecule has 0 saturated carbocycles. The van der Waals surface area contributed by atoms with Crippen molar-refractivity contribution in [2.45, 2.75) is 17.4 Å². The number of hydrogen-bond donors (Lipinski definition) is 1. The molecular formula is C16H16ClNO4S. The maximum absolute atomic E-state index is 12.4. The molecule has 0 bridgehead atoms. The van der Waals surface area contributed by atoms with Gasteiger partial charge in [0.2, 0.25) is 10.0 Å². The zero-order chi connectivity index (χ0) is 16.4. The van der Waals surface area contributed by atoms with Crippen LogP contribution in [0.25, 0.3) is 0 Å². The normalized spacial score (nSPS) is 17.2. The molecule has 7 heteroatoms. The Labute approximate surface area is 140 Å². The van der Waals surface area contributed by atoms with E-state index in [9.17, 15) is 8.42 Å². The third kappa shape index (κ3) is 3.60. The monoisotopic (exact) mass is 353 g/mol. The van der Waals surface area contributed by atoms with Crippen molar-refractivity contribution in [2.75, 3.05) is 13.7 Å². The first kappa shape index (κ1) is 16.1. The summed E-state index contributed by atoms with van der Waals surface area (Å²) in [6.45, 7) is 0.277. The Hall–Kier alpha value is -1.76. The molecule has 0 spiro atoms. The van der Waals surface area contributed by atoms with Gasteiger partial charge in [-0.15, -0.1) is 0 Å². The van der Waals surface area contributed by atoms with Crippen molar-refractivity contribution in [3.63, 3.8) is 0 Å². The van der Waals surface area contributed by atoms with Gasteiger partial charge in [0, 0.05) is 5.02 Å². The fourth-order valence-electron chi connectivity index (χ4n) is 2.50. The molecule has 2 aromatic rings. The number of rotatable bonds is 4. The SMILES string of the molecule is COc1ccc2c(c1)CC(NS(=O)(=O)c1cccc(Cl)c1)CO2. The number of sulfonamides is 1. The van der Waals surface area contributed by atoms with Gasteiger partial charge in [-0.3, -0.25) is 0 Å². The lowest BCUT2D eigenvalue weighted by Gasteiger charge is -2.26.